The summed E-state index contributed by atoms with van der Waals surface area (Å²) in [7, 11) is 1.51. The maximum atomic E-state index is 11.1. The topological polar surface area (TPSA) is 111 Å². The van der Waals surface area contributed by atoms with E-state index in [0.29, 0.717) is 11.3 Å². The van der Waals surface area contributed by atoms with Gasteiger partial charge in [-0.15, -0.1) is 0 Å². The third kappa shape index (κ3) is 2.15. The first-order chi connectivity index (χ1) is 8.91. The monoisotopic (exact) mass is 262 g/mol. The van der Waals surface area contributed by atoms with Crippen LogP contribution in [0, 0.1) is 17.0 Å². The molecule has 0 radical (unpaired) electrons. The average molecular weight is 262 g/mol. The number of pyridine rings is 1. The summed E-state index contributed by atoms with van der Waals surface area (Å²) in [6, 6.07) is 2.71. The first kappa shape index (κ1) is 12.7. The van der Waals surface area contributed by atoms with E-state index in [1.165, 1.54) is 37.0 Å². The van der Waals surface area contributed by atoms with Gasteiger partial charge in [-0.3, -0.25) is 14.8 Å². The molecule has 0 aromatic carbocycles. The van der Waals surface area contributed by atoms with Crippen molar-refractivity contribution in [3.8, 4) is 11.3 Å². The van der Waals surface area contributed by atoms with Gasteiger partial charge in [0.15, 0.2) is 5.69 Å². The molecule has 0 saturated carbocycles. The van der Waals surface area contributed by atoms with Crippen molar-refractivity contribution in [1.29, 1.82) is 0 Å². The number of aryl methyl sites for hydroxylation is 2. The first-order valence-electron chi connectivity index (χ1n) is 5.29. The number of aromatic nitrogens is 3. The number of nitrogens with zero attached hydrogens (tertiary/aromatic N) is 4. The van der Waals surface area contributed by atoms with E-state index in [9.17, 15) is 14.9 Å². The summed E-state index contributed by atoms with van der Waals surface area (Å²) in [6.07, 6.45) is 1.37. The van der Waals surface area contributed by atoms with E-state index in [2.05, 4.69) is 10.1 Å². The molecule has 0 aliphatic rings. The Balaban J connectivity index is 2.58. The summed E-state index contributed by atoms with van der Waals surface area (Å²) >= 11 is 0. The molecule has 2 rings (SSSR count). The van der Waals surface area contributed by atoms with Gasteiger partial charge < -0.3 is 5.11 Å². The lowest BCUT2D eigenvalue weighted by molar-refractivity contribution is -0.385. The van der Waals surface area contributed by atoms with Gasteiger partial charge >= 0.3 is 5.97 Å². The summed E-state index contributed by atoms with van der Waals surface area (Å²) in [5, 5.41) is 23.7. The van der Waals surface area contributed by atoms with E-state index in [-0.39, 0.29) is 17.1 Å². The van der Waals surface area contributed by atoms with Gasteiger partial charge in [0, 0.05) is 13.1 Å². The number of hydrogen-bond donors (Lipinski definition) is 1. The minimum Gasteiger partial charge on any atom is -0.477 e. The molecule has 0 spiro atoms. The van der Waals surface area contributed by atoms with E-state index in [1.54, 1.807) is 0 Å². The van der Waals surface area contributed by atoms with Crippen molar-refractivity contribution in [2.75, 3.05) is 0 Å². The van der Waals surface area contributed by atoms with Crippen molar-refractivity contribution in [3.05, 3.63) is 39.8 Å². The van der Waals surface area contributed by atoms with Crippen LogP contribution in [-0.4, -0.2) is 30.8 Å². The fourth-order valence-corrected chi connectivity index (χ4v) is 1.78. The normalized spacial score (nSPS) is 10.4. The highest BCUT2D eigenvalue weighted by atomic mass is 16.6. The van der Waals surface area contributed by atoms with Crippen LogP contribution in [0.1, 0.15) is 16.2 Å². The van der Waals surface area contributed by atoms with E-state index < -0.39 is 10.9 Å². The van der Waals surface area contributed by atoms with E-state index in [0.717, 1.165) is 0 Å². The Morgan fingerprint density at radius 2 is 2.16 bits per heavy atom. The standard InChI is InChI=1S/C11H10N4O4/c1-6-9(15(18)19)4-3-8(13-6)7-5-12-14(2)10(7)11(16)17/h3-5H,1-2H3,(H,16,17). The molecule has 0 amide bonds. The number of carbonyl (C=O) groups is 1. The predicted molar refractivity (Wildman–Crippen MR) is 64.8 cm³/mol. The molecule has 2 heterocycles. The summed E-state index contributed by atoms with van der Waals surface area (Å²) in [6.45, 7) is 1.50. The fourth-order valence-electron chi connectivity index (χ4n) is 1.78. The molecule has 2 aromatic heterocycles. The number of carboxylic acids is 1. The lowest BCUT2D eigenvalue weighted by Crippen LogP contribution is -2.07. The Hall–Kier alpha value is -2.77. The molecular weight excluding hydrogens is 252 g/mol. The van der Waals surface area contributed by atoms with Gasteiger partial charge in [-0.05, 0) is 13.0 Å². The van der Waals surface area contributed by atoms with Crippen molar-refractivity contribution in [2.45, 2.75) is 6.92 Å². The van der Waals surface area contributed by atoms with Crippen LogP contribution in [0.3, 0.4) is 0 Å². The quantitative estimate of drug-likeness (QED) is 0.661. The largest absolute Gasteiger partial charge is 0.477 e. The molecule has 0 fully saturated rings. The highest BCUT2D eigenvalue weighted by Crippen LogP contribution is 2.25. The van der Waals surface area contributed by atoms with Gasteiger partial charge in [0.05, 0.1) is 22.4 Å². The molecule has 8 heteroatoms. The second kappa shape index (κ2) is 4.48. The molecule has 0 unspecified atom stereocenters. The van der Waals surface area contributed by atoms with Gasteiger partial charge in [0.2, 0.25) is 0 Å². The van der Waals surface area contributed by atoms with Crippen LogP contribution in [0.2, 0.25) is 0 Å². The Morgan fingerprint density at radius 3 is 2.68 bits per heavy atom. The van der Waals surface area contributed by atoms with Crippen LogP contribution in [0.15, 0.2) is 18.3 Å². The fraction of sp³-hybridized carbons (Fsp3) is 0.182. The molecule has 0 aliphatic heterocycles. The SMILES string of the molecule is Cc1nc(-c2cnn(C)c2C(=O)O)ccc1[N+](=O)[O-]. The van der Waals surface area contributed by atoms with Gasteiger partial charge in [-0.1, -0.05) is 0 Å². The number of carboxylic acid groups (broad SMARTS) is 1. The number of hydrogen-bond acceptors (Lipinski definition) is 5. The smallest absolute Gasteiger partial charge is 0.354 e. The molecule has 8 nitrogen and oxygen atoms in total. The Bertz CT molecular complexity index is 677. The zero-order chi connectivity index (χ0) is 14.2. The number of aromatic carboxylic acids is 1. The number of rotatable bonds is 3. The second-order valence-electron chi connectivity index (χ2n) is 3.89. The van der Waals surface area contributed by atoms with Crippen molar-refractivity contribution >= 4 is 11.7 Å². The minimum absolute atomic E-state index is 0.0132. The van der Waals surface area contributed by atoms with E-state index in [1.807, 2.05) is 0 Å². The highest BCUT2D eigenvalue weighted by Gasteiger charge is 2.20. The maximum Gasteiger partial charge on any atom is 0.354 e. The van der Waals surface area contributed by atoms with Crippen molar-refractivity contribution in [1.82, 2.24) is 14.8 Å². The molecule has 19 heavy (non-hydrogen) atoms. The van der Waals surface area contributed by atoms with Crippen LogP contribution >= 0.6 is 0 Å². The number of nitro groups is 1. The lowest BCUT2D eigenvalue weighted by Gasteiger charge is -2.02. The molecule has 1 N–H and O–H groups in total. The zero-order valence-electron chi connectivity index (χ0n) is 10.2. The second-order valence-corrected chi connectivity index (χ2v) is 3.89. The van der Waals surface area contributed by atoms with Crippen molar-refractivity contribution in [2.24, 2.45) is 7.05 Å². The highest BCUT2D eigenvalue weighted by molar-refractivity contribution is 5.93. The summed E-state index contributed by atoms with van der Waals surface area (Å²) < 4.78 is 1.22. The summed E-state index contributed by atoms with van der Waals surface area (Å²) in [5.41, 5.74) is 0.773. The van der Waals surface area contributed by atoms with Gasteiger partial charge in [-0.25, -0.2) is 9.78 Å². The Kier molecular flexibility index (Phi) is 2.99. The predicted octanol–water partition coefficient (Wildman–Crippen LogP) is 1.40. The third-order valence-corrected chi connectivity index (χ3v) is 2.67. The molecule has 0 aliphatic carbocycles. The van der Waals surface area contributed by atoms with Crippen molar-refractivity contribution in [3.63, 3.8) is 0 Å². The summed E-state index contributed by atoms with van der Waals surface area (Å²) in [4.78, 5) is 25.4. The average Bonchev–Trinajstić information content (AvgIpc) is 2.70. The Labute approximate surface area is 107 Å². The van der Waals surface area contributed by atoms with Gasteiger partial charge in [-0.2, -0.15) is 5.10 Å². The van der Waals surface area contributed by atoms with Crippen LogP contribution in [-0.2, 0) is 7.05 Å². The maximum absolute atomic E-state index is 11.1. The van der Waals surface area contributed by atoms with Gasteiger partial charge in [0.1, 0.15) is 5.69 Å². The summed E-state index contributed by atoms with van der Waals surface area (Å²) in [5.74, 6) is -1.13. The Morgan fingerprint density at radius 1 is 1.47 bits per heavy atom. The van der Waals surface area contributed by atoms with Crippen LogP contribution in [0.5, 0.6) is 0 Å². The first-order valence-corrected chi connectivity index (χ1v) is 5.29. The van der Waals surface area contributed by atoms with Crippen LogP contribution in [0.4, 0.5) is 5.69 Å². The van der Waals surface area contributed by atoms with Gasteiger partial charge in [0.25, 0.3) is 5.69 Å². The molecule has 0 bridgehead atoms. The molecule has 2 aromatic rings. The lowest BCUT2D eigenvalue weighted by atomic mass is 10.1. The molecule has 0 saturated heterocycles. The van der Waals surface area contributed by atoms with Crippen LogP contribution < -0.4 is 0 Å². The van der Waals surface area contributed by atoms with Crippen molar-refractivity contribution < 1.29 is 14.8 Å². The minimum atomic E-state index is -1.13. The van der Waals surface area contributed by atoms with Crippen LogP contribution in [0.25, 0.3) is 11.3 Å². The molecule has 0 atom stereocenters. The molecular formula is C11H10N4O4. The molecule has 98 valence electrons. The van der Waals surface area contributed by atoms with E-state index >= 15 is 0 Å². The van der Waals surface area contributed by atoms with E-state index in [4.69, 9.17) is 5.11 Å². The zero-order valence-corrected chi connectivity index (χ0v) is 10.2. The third-order valence-electron chi connectivity index (χ3n) is 2.67.